The van der Waals surface area contributed by atoms with Gasteiger partial charge in [-0.2, -0.15) is 10.2 Å². The van der Waals surface area contributed by atoms with Gasteiger partial charge in [0, 0.05) is 38.0 Å². The average molecular weight is 449 g/mol. The third kappa shape index (κ3) is 4.60. The Hall–Kier alpha value is -3.67. The predicted octanol–water partition coefficient (Wildman–Crippen LogP) is 3.06. The SMILES string of the molecule is CC(C)Oc1ccc(OC2C[C@H](C)N(c3nc(=O)n(C)c4ccc(C#N)nc34)C[C@H]2C)nc1. The van der Waals surface area contributed by atoms with Crippen LogP contribution >= 0.6 is 0 Å². The van der Waals surface area contributed by atoms with Crippen molar-refractivity contribution >= 4 is 16.9 Å². The minimum Gasteiger partial charge on any atom is -0.489 e. The van der Waals surface area contributed by atoms with E-state index < -0.39 is 0 Å². The highest BCUT2D eigenvalue weighted by molar-refractivity contribution is 5.86. The first-order chi connectivity index (χ1) is 15.8. The molecule has 3 aromatic rings. The maximum Gasteiger partial charge on any atom is 0.349 e. The van der Waals surface area contributed by atoms with Gasteiger partial charge in [0.25, 0.3) is 0 Å². The molecule has 0 spiro atoms. The lowest BCUT2D eigenvalue weighted by Gasteiger charge is -2.42. The molecule has 3 atom stereocenters. The van der Waals surface area contributed by atoms with Crippen LogP contribution < -0.4 is 20.1 Å². The van der Waals surface area contributed by atoms with Crippen LogP contribution in [0.1, 0.15) is 39.8 Å². The monoisotopic (exact) mass is 448 g/mol. The average Bonchev–Trinajstić information content (AvgIpc) is 2.79. The van der Waals surface area contributed by atoms with Crippen molar-refractivity contribution in [2.24, 2.45) is 13.0 Å². The smallest absolute Gasteiger partial charge is 0.349 e. The van der Waals surface area contributed by atoms with Gasteiger partial charge in [-0.1, -0.05) is 6.92 Å². The van der Waals surface area contributed by atoms with Crippen LogP contribution in [0.5, 0.6) is 11.6 Å². The molecule has 1 saturated heterocycles. The number of hydrogen-bond donors (Lipinski definition) is 0. The molecule has 1 fully saturated rings. The molecule has 1 aliphatic rings. The number of aromatic nitrogens is 4. The van der Waals surface area contributed by atoms with Gasteiger partial charge in [-0.3, -0.25) is 4.57 Å². The third-order valence-electron chi connectivity index (χ3n) is 5.90. The van der Waals surface area contributed by atoms with Crippen LogP contribution in [0.25, 0.3) is 11.0 Å². The van der Waals surface area contributed by atoms with Crippen molar-refractivity contribution in [3.8, 4) is 17.7 Å². The summed E-state index contributed by atoms with van der Waals surface area (Å²) in [5, 5.41) is 9.31. The normalized spacial score (nSPS) is 20.6. The zero-order chi connectivity index (χ0) is 23.7. The summed E-state index contributed by atoms with van der Waals surface area (Å²) in [5.74, 6) is 1.92. The number of piperidine rings is 1. The fraction of sp³-hybridized carbons (Fsp3) is 0.458. The molecule has 3 aromatic heterocycles. The van der Waals surface area contributed by atoms with Crippen molar-refractivity contribution in [3.05, 3.63) is 46.6 Å². The molecule has 0 saturated carbocycles. The van der Waals surface area contributed by atoms with E-state index >= 15 is 0 Å². The third-order valence-corrected chi connectivity index (χ3v) is 5.90. The summed E-state index contributed by atoms with van der Waals surface area (Å²) >= 11 is 0. The van der Waals surface area contributed by atoms with Crippen LogP contribution in [0.2, 0.25) is 0 Å². The molecule has 172 valence electrons. The summed E-state index contributed by atoms with van der Waals surface area (Å²) in [7, 11) is 1.66. The summed E-state index contributed by atoms with van der Waals surface area (Å²) in [5.41, 5.74) is 1.14. The van der Waals surface area contributed by atoms with Crippen molar-refractivity contribution in [3.63, 3.8) is 0 Å². The lowest BCUT2D eigenvalue weighted by Crippen LogP contribution is -2.50. The summed E-state index contributed by atoms with van der Waals surface area (Å²) in [4.78, 5) is 27.8. The summed E-state index contributed by atoms with van der Waals surface area (Å²) in [6.45, 7) is 8.76. The molecule has 1 unspecified atom stereocenters. The standard InChI is InChI=1S/C24H28N6O3/c1-14(2)32-18-7-9-21(26-12-18)33-20-10-16(4)30(13-15(20)3)23-22-19(29(5)24(31)28-23)8-6-17(11-25)27-22/h6-9,12,14-16,20H,10,13H2,1-5H3/t15-,16+,20?/m1/s1. The van der Waals surface area contributed by atoms with Crippen LogP contribution in [0.3, 0.4) is 0 Å². The maximum absolute atomic E-state index is 12.5. The molecule has 9 nitrogen and oxygen atoms in total. The Morgan fingerprint density at radius 1 is 1.18 bits per heavy atom. The fourth-order valence-electron chi connectivity index (χ4n) is 4.17. The first-order valence-corrected chi connectivity index (χ1v) is 11.1. The van der Waals surface area contributed by atoms with Crippen molar-refractivity contribution in [2.45, 2.75) is 52.4 Å². The molecule has 0 N–H and O–H groups in total. The second kappa shape index (κ2) is 9.06. The van der Waals surface area contributed by atoms with Gasteiger partial charge in [-0.15, -0.1) is 0 Å². The van der Waals surface area contributed by atoms with E-state index in [0.29, 0.717) is 40.7 Å². The van der Waals surface area contributed by atoms with E-state index in [9.17, 15) is 10.1 Å². The number of nitrogens with zero attached hydrogens (tertiary/aromatic N) is 6. The van der Waals surface area contributed by atoms with Gasteiger partial charge in [0.05, 0.1) is 17.8 Å². The molecule has 0 bridgehead atoms. The van der Waals surface area contributed by atoms with Crippen LogP contribution in [0, 0.1) is 17.2 Å². The molecule has 0 amide bonds. The number of rotatable bonds is 5. The van der Waals surface area contributed by atoms with Crippen LogP contribution in [-0.2, 0) is 7.05 Å². The summed E-state index contributed by atoms with van der Waals surface area (Å²) in [6, 6.07) is 9.16. The highest BCUT2D eigenvalue weighted by Gasteiger charge is 2.34. The molecule has 0 radical (unpaired) electrons. The van der Waals surface area contributed by atoms with Gasteiger partial charge in [0.1, 0.15) is 29.1 Å². The number of pyridine rings is 2. The first-order valence-electron chi connectivity index (χ1n) is 11.1. The quantitative estimate of drug-likeness (QED) is 0.586. The number of ether oxygens (including phenoxy) is 2. The van der Waals surface area contributed by atoms with E-state index in [1.54, 1.807) is 25.4 Å². The van der Waals surface area contributed by atoms with E-state index in [1.807, 2.05) is 26.0 Å². The molecule has 0 aromatic carbocycles. The number of fused-ring (bicyclic) bond motifs is 1. The molecule has 4 heterocycles. The number of aryl methyl sites for hydroxylation is 1. The second-order valence-electron chi connectivity index (χ2n) is 8.82. The van der Waals surface area contributed by atoms with Crippen LogP contribution in [0.15, 0.2) is 35.3 Å². The minimum atomic E-state index is -0.352. The zero-order valence-electron chi connectivity index (χ0n) is 19.5. The number of hydrogen-bond acceptors (Lipinski definition) is 8. The number of nitriles is 1. The molecule has 9 heteroatoms. The van der Waals surface area contributed by atoms with Crippen molar-refractivity contribution < 1.29 is 9.47 Å². The summed E-state index contributed by atoms with van der Waals surface area (Å²) in [6.07, 6.45) is 2.44. The van der Waals surface area contributed by atoms with Crippen LogP contribution in [-0.4, -0.2) is 44.3 Å². The molecule has 0 aliphatic carbocycles. The van der Waals surface area contributed by atoms with Gasteiger partial charge in [-0.25, -0.2) is 14.8 Å². The first kappa shape index (κ1) is 22.5. The Kier molecular flexibility index (Phi) is 6.18. The van der Waals surface area contributed by atoms with E-state index in [1.165, 1.54) is 4.57 Å². The Balaban J connectivity index is 1.57. The van der Waals surface area contributed by atoms with Crippen molar-refractivity contribution in [2.75, 3.05) is 11.4 Å². The topological polar surface area (TPSA) is 106 Å². The molecular weight excluding hydrogens is 420 g/mol. The molecular formula is C24H28N6O3. The summed E-state index contributed by atoms with van der Waals surface area (Å²) < 4.78 is 13.3. The minimum absolute atomic E-state index is 0.0407. The fourth-order valence-corrected chi connectivity index (χ4v) is 4.17. The Morgan fingerprint density at radius 2 is 1.97 bits per heavy atom. The lowest BCUT2D eigenvalue weighted by molar-refractivity contribution is 0.102. The zero-order valence-corrected chi connectivity index (χ0v) is 19.5. The molecule has 4 rings (SSSR count). The van der Waals surface area contributed by atoms with E-state index in [-0.39, 0.29) is 29.9 Å². The van der Waals surface area contributed by atoms with Crippen molar-refractivity contribution in [1.82, 2.24) is 19.5 Å². The Labute approximate surface area is 192 Å². The van der Waals surface area contributed by atoms with Gasteiger partial charge in [-0.05, 0) is 39.0 Å². The Bertz CT molecular complexity index is 1250. The highest BCUT2D eigenvalue weighted by Crippen LogP contribution is 2.32. The van der Waals surface area contributed by atoms with Crippen LogP contribution in [0.4, 0.5) is 5.82 Å². The van der Waals surface area contributed by atoms with Gasteiger partial charge in [0.15, 0.2) is 5.82 Å². The maximum atomic E-state index is 12.5. The van der Waals surface area contributed by atoms with Crippen molar-refractivity contribution in [1.29, 1.82) is 5.26 Å². The van der Waals surface area contributed by atoms with E-state index in [0.717, 1.165) is 6.42 Å². The second-order valence-corrected chi connectivity index (χ2v) is 8.82. The predicted molar refractivity (Wildman–Crippen MR) is 125 cm³/mol. The lowest BCUT2D eigenvalue weighted by atomic mass is 9.91. The highest BCUT2D eigenvalue weighted by atomic mass is 16.5. The number of anilines is 1. The van der Waals surface area contributed by atoms with E-state index in [2.05, 4.69) is 39.8 Å². The molecule has 1 aliphatic heterocycles. The Morgan fingerprint density at radius 3 is 2.64 bits per heavy atom. The van der Waals surface area contributed by atoms with Gasteiger partial charge in [0.2, 0.25) is 5.88 Å². The van der Waals surface area contributed by atoms with Gasteiger partial charge >= 0.3 is 5.69 Å². The van der Waals surface area contributed by atoms with E-state index in [4.69, 9.17) is 9.47 Å². The largest absolute Gasteiger partial charge is 0.489 e. The van der Waals surface area contributed by atoms with Gasteiger partial charge < -0.3 is 14.4 Å². The molecule has 33 heavy (non-hydrogen) atoms.